The molecule has 1 atom stereocenters. The van der Waals surface area contributed by atoms with E-state index in [1.165, 1.54) is 17.1 Å². The zero-order valence-corrected chi connectivity index (χ0v) is 10.3. The number of carbonyl (C=O) groups excluding carboxylic acids is 2. The van der Waals surface area contributed by atoms with Gasteiger partial charge in [-0.3, -0.25) is 14.6 Å². The third kappa shape index (κ3) is 2.12. The molecule has 3 rings (SSSR count). The molecule has 19 heavy (non-hydrogen) atoms. The second-order valence-electron chi connectivity index (χ2n) is 4.74. The number of hydrogen-bond acceptors (Lipinski definition) is 3. The van der Waals surface area contributed by atoms with Crippen LogP contribution in [0.5, 0.6) is 0 Å². The smallest absolute Gasteiger partial charge is 0.248 e. The van der Waals surface area contributed by atoms with Gasteiger partial charge in [0.05, 0.1) is 13.0 Å². The van der Waals surface area contributed by atoms with Gasteiger partial charge in [0.15, 0.2) is 5.78 Å². The summed E-state index contributed by atoms with van der Waals surface area (Å²) in [6.45, 7) is 0.282. The molecule has 4 nitrogen and oxygen atoms in total. The largest absolute Gasteiger partial charge is 0.297 e. The maximum absolute atomic E-state index is 13.2. The van der Waals surface area contributed by atoms with Crippen LogP contribution in [-0.4, -0.2) is 27.8 Å². The lowest BCUT2D eigenvalue weighted by Gasteiger charge is -2.39. The highest BCUT2D eigenvalue weighted by Gasteiger charge is 2.39. The first-order valence-electron chi connectivity index (χ1n) is 6.17. The van der Waals surface area contributed by atoms with Crippen LogP contribution in [0.3, 0.4) is 0 Å². The van der Waals surface area contributed by atoms with Crippen LogP contribution in [0.15, 0.2) is 36.5 Å². The molecular formula is C14H13FN2O2. The Morgan fingerprint density at radius 3 is 2.95 bits per heavy atom. The molecule has 98 valence electrons. The van der Waals surface area contributed by atoms with Crippen molar-refractivity contribution in [3.8, 4) is 0 Å². The Hall–Kier alpha value is -2.17. The Balaban J connectivity index is 1.84. The highest BCUT2D eigenvalue weighted by Crippen LogP contribution is 2.26. The number of benzene rings is 1. The van der Waals surface area contributed by atoms with Crippen LogP contribution in [0.2, 0.25) is 0 Å². The Labute approximate surface area is 110 Å². The summed E-state index contributed by atoms with van der Waals surface area (Å²) in [5, 5.41) is 3.18. The predicted octanol–water partition coefficient (Wildman–Crippen LogP) is 1.63. The average molecular weight is 260 g/mol. The van der Waals surface area contributed by atoms with E-state index in [4.69, 9.17) is 0 Å². The molecule has 0 aromatic heterocycles. The molecule has 0 unspecified atom stereocenters. The van der Waals surface area contributed by atoms with E-state index in [1.807, 2.05) is 6.08 Å². The minimum absolute atomic E-state index is 0.0505. The summed E-state index contributed by atoms with van der Waals surface area (Å²) in [6.07, 6.45) is 4.18. The van der Waals surface area contributed by atoms with Gasteiger partial charge in [0.2, 0.25) is 5.91 Å². The molecule has 0 aliphatic carbocycles. The van der Waals surface area contributed by atoms with E-state index < -0.39 is 0 Å². The molecule has 1 aromatic carbocycles. The molecule has 1 saturated heterocycles. The van der Waals surface area contributed by atoms with E-state index in [9.17, 15) is 14.0 Å². The molecule has 0 N–H and O–H groups in total. The maximum Gasteiger partial charge on any atom is 0.248 e. The van der Waals surface area contributed by atoms with Crippen molar-refractivity contribution in [2.24, 2.45) is 0 Å². The van der Waals surface area contributed by atoms with Gasteiger partial charge in [0.25, 0.3) is 0 Å². The number of amides is 1. The van der Waals surface area contributed by atoms with Crippen LogP contribution < -0.4 is 0 Å². The van der Waals surface area contributed by atoms with Gasteiger partial charge in [-0.1, -0.05) is 18.2 Å². The SMILES string of the molecule is O=C1CC(=O)N(Cc2cccc(F)c2)N2C=CC[C@H]12. The monoisotopic (exact) mass is 260 g/mol. The molecule has 0 bridgehead atoms. The number of halogens is 1. The van der Waals surface area contributed by atoms with Crippen LogP contribution in [0, 0.1) is 5.82 Å². The number of carbonyl (C=O) groups is 2. The van der Waals surface area contributed by atoms with Gasteiger partial charge < -0.3 is 0 Å². The number of hydrogen-bond donors (Lipinski definition) is 0. The Kier molecular flexibility index (Phi) is 2.81. The fourth-order valence-electron chi connectivity index (χ4n) is 2.50. The standard InChI is InChI=1S/C14H13FN2O2/c15-11-4-1-3-10(7-11)9-17-14(19)8-13(18)12-5-2-6-16(12)17/h1-4,6-7,12H,5,8-9H2/t12-/m1/s1. The van der Waals surface area contributed by atoms with Gasteiger partial charge in [0, 0.05) is 6.20 Å². The Morgan fingerprint density at radius 2 is 2.16 bits per heavy atom. The van der Waals surface area contributed by atoms with Crippen molar-refractivity contribution >= 4 is 11.7 Å². The van der Waals surface area contributed by atoms with E-state index in [2.05, 4.69) is 0 Å². The molecule has 0 spiro atoms. The van der Waals surface area contributed by atoms with Crippen molar-refractivity contribution in [2.75, 3.05) is 0 Å². The number of rotatable bonds is 2. The van der Waals surface area contributed by atoms with Gasteiger partial charge in [0.1, 0.15) is 11.9 Å². The summed E-state index contributed by atoms with van der Waals surface area (Å²) in [6, 6.07) is 5.87. The Morgan fingerprint density at radius 1 is 1.32 bits per heavy atom. The molecule has 5 heteroatoms. The second kappa shape index (κ2) is 4.50. The third-order valence-corrected chi connectivity index (χ3v) is 3.42. The number of nitrogens with zero attached hydrogens (tertiary/aromatic N) is 2. The number of Topliss-reactive ketones (excluding diaryl/α,β-unsaturated/α-hetero) is 1. The van der Waals surface area contributed by atoms with Crippen molar-refractivity contribution in [3.05, 3.63) is 47.9 Å². The summed E-state index contributed by atoms with van der Waals surface area (Å²) in [7, 11) is 0. The highest BCUT2D eigenvalue weighted by molar-refractivity contribution is 6.02. The van der Waals surface area contributed by atoms with Gasteiger partial charge in [-0.25, -0.2) is 9.40 Å². The lowest BCUT2D eigenvalue weighted by atomic mass is 10.0. The molecule has 1 aromatic rings. The lowest BCUT2D eigenvalue weighted by molar-refractivity contribution is -0.161. The first kappa shape index (κ1) is 11.9. The van der Waals surface area contributed by atoms with Crippen molar-refractivity contribution in [3.63, 3.8) is 0 Å². The van der Waals surface area contributed by atoms with E-state index >= 15 is 0 Å². The topological polar surface area (TPSA) is 40.6 Å². The fourth-order valence-corrected chi connectivity index (χ4v) is 2.50. The summed E-state index contributed by atoms with van der Waals surface area (Å²) in [5.41, 5.74) is 0.710. The zero-order valence-electron chi connectivity index (χ0n) is 10.3. The average Bonchev–Trinajstić information content (AvgIpc) is 2.84. The van der Waals surface area contributed by atoms with Crippen molar-refractivity contribution in [1.82, 2.24) is 10.0 Å². The van der Waals surface area contributed by atoms with Crippen molar-refractivity contribution in [2.45, 2.75) is 25.4 Å². The van der Waals surface area contributed by atoms with Gasteiger partial charge in [-0.15, -0.1) is 0 Å². The Bertz CT molecular complexity index is 570. The van der Waals surface area contributed by atoms with Gasteiger partial charge >= 0.3 is 0 Å². The molecule has 2 aliphatic heterocycles. The van der Waals surface area contributed by atoms with E-state index in [0.717, 1.165) is 0 Å². The van der Waals surface area contributed by atoms with Crippen molar-refractivity contribution < 1.29 is 14.0 Å². The zero-order chi connectivity index (χ0) is 13.4. The van der Waals surface area contributed by atoms with Crippen LogP contribution in [0.1, 0.15) is 18.4 Å². The molecule has 1 fully saturated rings. The summed E-state index contributed by atoms with van der Waals surface area (Å²) in [5.74, 6) is -0.617. The maximum atomic E-state index is 13.2. The molecule has 0 radical (unpaired) electrons. The highest BCUT2D eigenvalue weighted by atomic mass is 19.1. The molecule has 1 amide bonds. The predicted molar refractivity (Wildman–Crippen MR) is 66.0 cm³/mol. The van der Waals surface area contributed by atoms with Crippen LogP contribution in [-0.2, 0) is 16.1 Å². The quantitative estimate of drug-likeness (QED) is 0.759. The minimum atomic E-state index is -0.327. The van der Waals surface area contributed by atoms with E-state index in [-0.39, 0.29) is 36.5 Å². The van der Waals surface area contributed by atoms with Crippen LogP contribution >= 0.6 is 0 Å². The number of fused-ring (bicyclic) bond motifs is 1. The van der Waals surface area contributed by atoms with Gasteiger partial charge in [-0.2, -0.15) is 0 Å². The second-order valence-corrected chi connectivity index (χ2v) is 4.74. The first-order chi connectivity index (χ1) is 9.15. The minimum Gasteiger partial charge on any atom is -0.297 e. The normalized spacial score (nSPS) is 22.1. The summed E-state index contributed by atoms with van der Waals surface area (Å²) >= 11 is 0. The molecule has 0 saturated carbocycles. The summed E-state index contributed by atoms with van der Waals surface area (Å²) in [4.78, 5) is 23.7. The first-order valence-corrected chi connectivity index (χ1v) is 6.17. The summed E-state index contributed by atoms with van der Waals surface area (Å²) < 4.78 is 13.2. The van der Waals surface area contributed by atoms with Crippen molar-refractivity contribution in [1.29, 1.82) is 0 Å². The number of ketones is 1. The van der Waals surface area contributed by atoms with E-state index in [1.54, 1.807) is 23.3 Å². The molecule has 2 aliphatic rings. The third-order valence-electron chi connectivity index (χ3n) is 3.42. The van der Waals surface area contributed by atoms with Gasteiger partial charge in [-0.05, 0) is 24.1 Å². The van der Waals surface area contributed by atoms with E-state index in [0.29, 0.717) is 12.0 Å². The molecular weight excluding hydrogens is 247 g/mol. The fraction of sp³-hybridized carbons (Fsp3) is 0.286. The van der Waals surface area contributed by atoms with Crippen LogP contribution in [0.25, 0.3) is 0 Å². The number of hydrazine groups is 1. The van der Waals surface area contributed by atoms with Crippen LogP contribution in [0.4, 0.5) is 4.39 Å². The lowest BCUT2D eigenvalue weighted by Crippen LogP contribution is -2.54. The molecule has 2 heterocycles.